The Morgan fingerprint density at radius 3 is 2.71 bits per heavy atom. The molecule has 2 rings (SSSR count). The molecule has 1 heterocycles. The number of rotatable bonds is 4. The second-order valence-electron chi connectivity index (χ2n) is 5.44. The van der Waals surface area contributed by atoms with Crippen molar-refractivity contribution < 1.29 is 17.9 Å². The van der Waals surface area contributed by atoms with Gasteiger partial charge in [-0.05, 0) is 36.5 Å². The Kier molecular flexibility index (Phi) is 5.54. The summed E-state index contributed by atoms with van der Waals surface area (Å²) in [7, 11) is 1.83. The van der Waals surface area contributed by atoms with E-state index in [9.17, 15) is 13.2 Å². The molecule has 21 heavy (non-hydrogen) atoms. The van der Waals surface area contributed by atoms with Crippen molar-refractivity contribution in [3.8, 4) is 0 Å². The van der Waals surface area contributed by atoms with Crippen LogP contribution in [0.3, 0.4) is 0 Å². The Labute approximate surface area is 131 Å². The van der Waals surface area contributed by atoms with Crippen LogP contribution in [-0.2, 0) is 16.2 Å². The minimum Gasteiger partial charge on any atom is -0.381 e. The number of hydrogen-bond acceptors (Lipinski definition) is 2. The highest BCUT2D eigenvalue weighted by molar-refractivity contribution is 9.08. The Balaban J connectivity index is 2.15. The maximum absolute atomic E-state index is 13.1. The van der Waals surface area contributed by atoms with Crippen molar-refractivity contribution in [3.63, 3.8) is 0 Å². The summed E-state index contributed by atoms with van der Waals surface area (Å²) in [6, 6.07) is 4.52. The molecule has 1 aliphatic rings. The van der Waals surface area contributed by atoms with Crippen molar-refractivity contribution in [1.82, 2.24) is 0 Å². The molecule has 0 spiro atoms. The van der Waals surface area contributed by atoms with Gasteiger partial charge in [-0.2, -0.15) is 13.2 Å². The molecule has 1 aliphatic heterocycles. The fourth-order valence-electron chi connectivity index (χ4n) is 2.63. The Bertz CT molecular complexity index is 472. The highest BCUT2D eigenvalue weighted by Gasteiger charge is 2.33. The molecule has 0 aromatic heterocycles. The van der Waals surface area contributed by atoms with E-state index in [1.165, 1.54) is 6.07 Å². The van der Waals surface area contributed by atoms with Gasteiger partial charge < -0.3 is 9.64 Å². The molecule has 0 radical (unpaired) electrons. The third-order valence-electron chi connectivity index (χ3n) is 3.77. The Morgan fingerprint density at radius 2 is 2.14 bits per heavy atom. The molecule has 1 saturated heterocycles. The lowest BCUT2D eigenvalue weighted by atomic mass is 10.0. The lowest BCUT2D eigenvalue weighted by Crippen LogP contribution is -2.31. The van der Waals surface area contributed by atoms with E-state index in [1.54, 1.807) is 12.1 Å². The molecule has 1 unspecified atom stereocenters. The number of anilines is 1. The topological polar surface area (TPSA) is 12.5 Å². The van der Waals surface area contributed by atoms with Gasteiger partial charge in [-0.3, -0.25) is 0 Å². The summed E-state index contributed by atoms with van der Waals surface area (Å²) in [4.78, 5) is 1.88. The summed E-state index contributed by atoms with van der Waals surface area (Å²) in [5.41, 5.74) is 0.293. The van der Waals surface area contributed by atoms with Crippen LogP contribution in [0.25, 0.3) is 0 Å². The van der Waals surface area contributed by atoms with Gasteiger partial charge in [0.05, 0.1) is 12.2 Å². The second kappa shape index (κ2) is 7.01. The highest BCUT2D eigenvalue weighted by Crippen LogP contribution is 2.35. The van der Waals surface area contributed by atoms with Crippen molar-refractivity contribution in [2.75, 3.05) is 31.7 Å². The van der Waals surface area contributed by atoms with Gasteiger partial charge in [0.15, 0.2) is 0 Å². The standard InChI is InChI=1S/C15H19BrF3NO/c1-20(9-11-3-2-6-21-10-11)13-5-4-12(8-16)14(7-13)15(17,18)19/h4-5,7,11H,2-3,6,8-10H2,1H3. The monoisotopic (exact) mass is 365 g/mol. The van der Waals surface area contributed by atoms with E-state index in [0.717, 1.165) is 19.4 Å². The van der Waals surface area contributed by atoms with Gasteiger partial charge in [-0.1, -0.05) is 22.0 Å². The number of ether oxygens (including phenoxy) is 1. The van der Waals surface area contributed by atoms with Gasteiger partial charge in [-0.25, -0.2) is 0 Å². The van der Waals surface area contributed by atoms with Gasteiger partial charge in [0.1, 0.15) is 0 Å². The van der Waals surface area contributed by atoms with Gasteiger partial charge in [0.25, 0.3) is 0 Å². The molecule has 0 amide bonds. The third kappa shape index (κ3) is 4.36. The molecule has 1 aromatic carbocycles. The maximum atomic E-state index is 13.1. The van der Waals surface area contributed by atoms with E-state index >= 15 is 0 Å². The molecule has 0 bridgehead atoms. The smallest absolute Gasteiger partial charge is 0.381 e. The summed E-state index contributed by atoms with van der Waals surface area (Å²) >= 11 is 3.11. The van der Waals surface area contributed by atoms with E-state index in [1.807, 2.05) is 11.9 Å². The molecule has 0 N–H and O–H groups in total. The van der Waals surface area contributed by atoms with Crippen molar-refractivity contribution in [1.29, 1.82) is 0 Å². The first-order chi connectivity index (χ1) is 9.91. The van der Waals surface area contributed by atoms with Crippen LogP contribution in [0.5, 0.6) is 0 Å². The van der Waals surface area contributed by atoms with E-state index in [2.05, 4.69) is 15.9 Å². The van der Waals surface area contributed by atoms with Crippen molar-refractivity contribution in [2.24, 2.45) is 5.92 Å². The number of benzene rings is 1. The quantitative estimate of drug-likeness (QED) is 0.730. The average molecular weight is 366 g/mol. The van der Waals surface area contributed by atoms with Crippen LogP contribution < -0.4 is 4.90 Å². The minimum absolute atomic E-state index is 0.197. The number of hydrogen-bond donors (Lipinski definition) is 0. The van der Waals surface area contributed by atoms with Gasteiger partial charge in [0.2, 0.25) is 0 Å². The van der Waals surface area contributed by atoms with Crippen LogP contribution >= 0.6 is 15.9 Å². The normalized spacial score (nSPS) is 19.6. The number of halogens is 4. The Morgan fingerprint density at radius 1 is 1.38 bits per heavy atom. The SMILES string of the molecule is CN(CC1CCCOC1)c1ccc(CBr)c(C(F)(F)F)c1. The van der Waals surface area contributed by atoms with Crippen LogP contribution in [0.15, 0.2) is 18.2 Å². The first-order valence-electron chi connectivity index (χ1n) is 6.96. The molecule has 118 valence electrons. The van der Waals surface area contributed by atoms with Crippen molar-refractivity contribution >= 4 is 21.6 Å². The molecule has 0 saturated carbocycles. The summed E-state index contributed by atoms with van der Waals surface area (Å²) < 4.78 is 44.7. The van der Waals surface area contributed by atoms with Gasteiger partial charge in [-0.15, -0.1) is 0 Å². The lowest BCUT2D eigenvalue weighted by molar-refractivity contribution is -0.138. The van der Waals surface area contributed by atoms with E-state index in [-0.39, 0.29) is 10.9 Å². The molecule has 1 atom stereocenters. The largest absolute Gasteiger partial charge is 0.416 e. The van der Waals surface area contributed by atoms with Crippen LogP contribution in [0, 0.1) is 5.92 Å². The predicted octanol–water partition coefficient (Wildman–Crippen LogP) is 4.46. The molecule has 2 nitrogen and oxygen atoms in total. The molecule has 1 fully saturated rings. The summed E-state index contributed by atoms with van der Waals surface area (Å²) in [5.74, 6) is 0.383. The fraction of sp³-hybridized carbons (Fsp3) is 0.600. The summed E-state index contributed by atoms with van der Waals surface area (Å²) in [5, 5.41) is 0.197. The third-order valence-corrected chi connectivity index (χ3v) is 4.37. The highest BCUT2D eigenvalue weighted by atomic mass is 79.9. The molecular weight excluding hydrogens is 347 g/mol. The fourth-order valence-corrected chi connectivity index (χ4v) is 3.12. The molecule has 0 aliphatic carbocycles. The Hall–Kier alpha value is -0.750. The molecule has 6 heteroatoms. The zero-order valence-electron chi connectivity index (χ0n) is 11.9. The maximum Gasteiger partial charge on any atom is 0.416 e. The van der Waals surface area contributed by atoms with Gasteiger partial charge in [0, 0.05) is 31.2 Å². The van der Waals surface area contributed by atoms with Crippen LogP contribution in [0.4, 0.5) is 18.9 Å². The average Bonchev–Trinajstić information content (AvgIpc) is 2.46. The van der Waals surface area contributed by atoms with E-state index in [4.69, 9.17) is 4.74 Å². The van der Waals surface area contributed by atoms with Crippen LogP contribution in [0.2, 0.25) is 0 Å². The van der Waals surface area contributed by atoms with E-state index in [0.29, 0.717) is 24.8 Å². The summed E-state index contributed by atoms with van der Waals surface area (Å²) in [6.07, 6.45) is -2.24. The van der Waals surface area contributed by atoms with Crippen LogP contribution in [-0.4, -0.2) is 26.8 Å². The minimum atomic E-state index is -4.33. The predicted molar refractivity (Wildman–Crippen MR) is 80.9 cm³/mol. The van der Waals surface area contributed by atoms with Crippen molar-refractivity contribution in [3.05, 3.63) is 29.3 Å². The van der Waals surface area contributed by atoms with E-state index < -0.39 is 11.7 Å². The lowest BCUT2D eigenvalue weighted by Gasteiger charge is -2.29. The number of nitrogens with zero attached hydrogens (tertiary/aromatic N) is 1. The first kappa shape index (κ1) is 16.6. The molecular formula is C15H19BrF3NO. The summed E-state index contributed by atoms with van der Waals surface area (Å²) in [6.45, 7) is 2.19. The van der Waals surface area contributed by atoms with Gasteiger partial charge >= 0.3 is 6.18 Å². The first-order valence-corrected chi connectivity index (χ1v) is 8.09. The zero-order valence-corrected chi connectivity index (χ0v) is 13.5. The molecule has 1 aromatic rings. The number of alkyl halides is 4. The van der Waals surface area contributed by atoms with Crippen LogP contribution in [0.1, 0.15) is 24.0 Å². The van der Waals surface area contributed by atoms with Crippen molar-refractivity contribution in [2.45, 2.75) is 24.3 Å². The zero-order chi connectivity index (χ0) is 15.5. The second-order valence-corrected chi connectivity index (χ2v) is 6.00.